The second-order valence-corrected chi connectivity index (χ2v) is 15.0. The number of likely N-dealkylation sites (tertiary alicyclic amines) is 1. The Kier molecular flexibility index (Phi) is 6.75. The summed E-state index contributed by atoms with van der Waals surface area (Å²) in [6.07, 6.45) is 2.60. The molecule has 2 saturated heterocycles. The molecule has 6 atom stereocenters. The number of phenolic OH excluding ortho intramolecular Hbond substituents is 1. The van der Waals surface area contributed by atoms with Crippen LogP contribution in [0.4, 0.5) is 5.82 Å². The fourth-order valence-electron chi connectivity index (χ4n) is 8.87. The number of methoxy groups -OCH3 is 1. The van der Waals surface area contributed by atoms with Gasteiger partial charge in [-0.3, -0.25) is 28.8 Å². The quantitative estimate of drug-likeness (QED) is 0.212. The number of phenols is 1. The smallest absolute Gasteiger partial charge is 0.242 e. The minimum atomic E-state index is -1.25. The van der Waals surface area contributed by atoms with Crippen LogP contribution in [0.25, 0.3) is 20.7 Å². The Morgan fingerprint density at radius 3 is 2.52 bits per heavy atom. The van der Waals surface area contributed by atoms with Gasteiger partial charge in [-0.15, -0.1) is 11.3 Å². The Balaban J connectivity index is 1.26. The summed E-state index contributed by atoms with van der Waals surface area (Å²) in [6.45, 7) is 3.82. The molecule has 4 aliphatic rings. The fraction of sp³-hybridized carbons (Fsp3) is 0.361. The summed E-state index contributed by atoms with van der Waals surface area (Å²) >= 11 is 7.85. The van der Waals surface area contributed by atoms with Crippen LogP contribution in [0, 0.1) is 36.0 Å². The highest BCUT2D eigenvalue weighted by molar-refractivity contribution is 7.22. The van der Waals surface area contributed by atoms with E-state index < -0.39 is 35.0 Å². The number of hydrogen-bond donors (Lipinski definition) is 1. The Hall–Kier alpha value is -4.48. The average Bonchev–Trinajstić information content (AvgIpc) is 3.72. The molecule has 4 heterocycles. The molecule has 0 spiro atoms. The predicted octanol–water partition coefficient (Wildman–Crippen LogP) is 5.84. The van der Waals surface area contributed by atoms with E-state index in [1.165, 1.54) is 24.0 Å². The number of rotatable bonds is 4. The topological polar surface area (TPSA) is 122 Å². The van der Waals surface area contributed by atoms with Crippen molar-refractivity contribution in [2.45, 2.75) is 32.6 Å². The van der Waals surface area contributed by atoms with E-state index >= 15 is 0 Å². The van der Waals surface area contributed by atoms with Crippen LogP contribution in [-0.4, -0.2) is 57.6 Å². The zero-order chi connectivity index (χ0) is 34.0. The second-order valence-electron chi connectivity index (χ2n) is 13.5. The summed E-state index contributed by atoms with van der Waals surface area (Å²) in [6, 6.07) is 12.5. The molecular formula is C36H33ClN4O6S. The van der Waals surface area contributed by atoms with Gasteiger partial charge in [-0.25, -0.2) is 4.90 Å². The molecule has 246 valence electrons. The lowest BCUT2D eigenvalue weighted by atomic mass is 9.51. The first-order chi connectivity index (χ1) is 22.9. The highest BCUT2D eigenvalue weighted by Crippen LogP contribution is 2.64. The number of fused-ring (bicyclic) bond motifs is 5. The third kappa shape index (κ3) is 4.00. The normalized spacial score (nSPS) is 28.2. The van der Waals surface area contributed by atoms with E-state index in [1.807, 2.05) is 38.1 Å². The van der Waals surface area contributed by atoms with Gasteiger partial charge in [0, 0.05) is 35.8 Å². The molecule has 1 N–H and O–H groups in total. The molecule has 2 aliphatic carbocycles. The standard InChI is InChI=1S/C36H33ClN4O6S/c1-16-21-13-18(37)7-11-27(21)48-31(16)24-15-28(40(4)38-24)41-33(44)23-14-22-19(8-9-20-29(22)34(45)39(3)32(20)43)30(36(23,2)35(41)46)17-6-10-26(47-5)25(42)12-17/h6-8,10-13,15,20,22-23,29-30,42H,9,14H2,1-5H3. The SMILES string of the molecule is COc1ccc(C2C3=CCC4C(=O)N(C)C(=O)C4C3CC3C(=O)N(c4cc(-c5sc6ccc(Cl)cc6c5C)nn4C)C(=O)C32C)cc1O. The average molecular weight is 685 g/mol. The van der Waals surface area contributed by atoms with Gasteiger partial charge in [0.05, 0.1) is 35.2 Å². The van der Waals surface area contributed by atoms with Crippen LogP contribution in [0.15, 0.2) is 54.1 Å². The minimum Gasteiger partial charge on any atom is -0.504 e. The monoisotopic (exact) mass is 684 g/mol. The lowest BCUT2D eigenvalue weighted by Crippen LogP contribution is -2.48. The van der Waals surface area contributed by atoms with Gasteiger partial charge in [0.1, 0.15) is 11.5 Å². The van der Waals surface area contributed by atoms with E-state index in [0.29, 0.717) is 28.5 Å². The number of allylic oxidation sites excluding steroid dienone is 2. The Morgan fingerprint density at radius 2 is 1.79 bits per heavy atom. The largest absolute Gasteiger partial charge is 0.504 e. The number of carbonyl (C=O) groups excluding carboxylic acids is 4. The van der Waals surface area contributed by atoms with Gasteiger partial charge >= 0.3 is 0 Å². The maximum atomic E-state index is 14.9. The van der Waals surface area contributed by atoms with Gasteiger partial charge in [-0.05, 0) is 79.5 Å². The van der Waals surface area contributed by atoms with Gasteiger partial charge in [0.15, 0.2) is 11.5 Å². The number of hydrogen-bond acceptors (Lipinski definition) is 8. The van der Waals surface area contributed by atoms with Crippen molar-refractivity contribution in [3.05, 3.63) is 70.3 Å². The fourth-order valence-corrected chi connectivity index (χ4v) is 10.2. The summed E-state index contributed by atoms with van der Waals surface area (Å²) in [7, 11) is 4.68. The summed E-state index contributed by atoms with van der Waals surface area (Å²) in [5, 5.41) is 17.3. The second kappa shape index (κ2) is 10.5. The number of benzene rings is 2. The third-order valence-corrected chi connectivity index (χ3v) is 12.8. The molecule has 48 heavy (non-hydrogen) atoms. The molecule has 1 saturated carbocycles. The molecule has 8 rings (SSSR count). The molecule has 2 aromatic carbocycles. The molecule has 6 unspecified atom stereocenters. The molecule has 0 bridgehead atoms. The summed E-state index contributed by atoms with van der Waals surface area (Å²) in [5.74, 6) is -3.67. The van der Waals surface area contributed by atoms with E-state index in [1.54, 1.807) is 47.3 Å². The molecule has 12 heteroatoms. The molecule has 4 amide bonds. The third-order valence-electron chi connectivity index (χ3n) is 11.2. The van der Waals surface area contributed by atoms with Gasteiger partial charge in [-0.2, -0.15) is 5.10 Å². The van der Waals surface area contributed by atoms with Crippen LogP contribution in [0.5, 0.6) is 11.5 Å². The van der Waals surface area contributed by atoms with Crippen LogP contribution in [-0.2, 0) is 26.2 Å². The molecular weight excluding hydrogens is 652 g/mol. The van der Waals surface area contributed by atoms with Crippen molar-refractivity contribution >= 4 is 62.5 Å². The van der Waals surface area contributed by atoms with Crippen molar-refractivity contribution in [1.82, 2.24) is 14.7 Å². The Morgan fingerprint density at radius 1 is 1.02 bits per heavy atom. The summed E-state index contributed by atoms with van der Waals surface area (Å²) in [4.78, 5) is 59.5. The number of thiophene rings is 1. The predicted molar refractivity (Wildman–Crippen MR) is 181 cm³/mol. The van der Waals surface area contributed by atoms with E-state index in [4.69, 9.17) is 21.4 Å². The number of nitrogens with zero attached hydrogens (tertiary/aromatic N) is 4. The van der Waals surface area contributed by atoms with Crippen molar-refractivity contribution in [3.63, 3.8) is 0 Å². The van der Waals surface area contributed by atoms with Crippen LogP contribution < -0.4 is 9.64 Å². The van der Waals surface area contributed by atoms with Crippen LogP contribution in [0.3, 0.4) is 0 Å². The number of halogens is 1. The molecule has 3 fully saturated rings. The highest BCUT2D eigenvalue weighted by Gasteiger charge is 2.67. The van der Waals surface area contributed by atoms with Crippen molar-refractivity contribution in [2.24, 2.45) is 36.1 Å². The number of aromatic hydroxyl groups is 1. The van der Waals surface area contributed by atoms with Crippen molar-refractivity contribution in [3.8, 4) is 22.1 Å². The van der Waals surface area contributed by atoms with Gasteiger partial charge < -0.3 is 9.84 Å². The highest BCUT2D eigenvalue weighted by atomic mass is 35.5. The molecule has 2 aliphatic heterocycles. The van der Waals surface area contributed by atoms with Gasteiger partial charge in [0.2, 0.25) is 23.6 Å². The summed E-state index contributed by atoms with van der Waals surface area (Å²) < 4.78 is 7.92. The Bertz CT molecular complexity index is 2150. The van der Waals surface area contributed by atoms with E-state index in [-0.39, 0.29) is 41.5 Å². The maximum Gasteiger partial charge on any atom is 0.242 e. The van der Waals surface area contributed by atoms with Gasteiger partial charge in [0.25, 0.3) is 0 Å². The van der Waals surface area contributed by atoms with E-state index in [2.05, 4.69) is 0 Å². The molecule has 4 aromatic rings. The molecule has 2 aromatic heterocycles. The van der Waals surface area contributed by atoms with Crippen molar-refractivity contribution in [2.75, 3.05) is 19.1 Å². The number of aromatic nitrogens is 2. The number of ether oxygens (including phenoxy) is 1. The zero-order valence-corrected chi connectivity index (χ0v) is 28.6. The number of amides is 4. The van der Waals surface area contributed by atoms with Gasteiger partial charge in [-0.1, -0.05) is 29.3 Å². The number of aryl methyl sites for hydroxylation is 2. The lowest BCUT2D eigenvalue weighted by molar-refractivity contribution is -0.138. The van der Waals surface area contributed by atoms with Crippen molar-refractivity contribution < 1.29 is 29.0 Å². The number of anilines is 1. The first-order valence-electron chi connectivity index (χ1n) is 15.9. The van der Waals surface area contributed by atoms with E-state index in [0.717, 1.165) is 26.1 Å². The van der Waals surface area contributed by atoms with E-state index in [9.17, 15) is 24.3 Å². The number of imide groups is 2. The lowest BCUT2D eigenvalue weighted by Gasteiger charge is -2.49. The first-order valence-corrected chi connectivity index (χ1v) is 17.1. The maximum absolute atomic E-state index is 14.9. The number of carbonyl (C=O) groups is 4. The van der Waals surface area contributed by atoms with Crippen molar-refractivity contribution in [1.29, 1.82) is 0 Å². The minimum absolute atomic E-state index is 0.0942. The van der Waals surface area contributed by atoms with Crippen LogP contribution in [0.2, 0.25) is 5.02 Å². The Labute approximate surface area is 285 Å². The van der Waals surface area contributed by atoms with Crippen LogP contribution in [0.1, 0.15) is 36.8 Å². The summed E-state index contributed by atoms with van der Waals surface area (Å²) in [5.41, 5.74) is 1.88. The molecule has 10 nitrogen and oxygen atoms in total. The molecule has 0 radical (unpaired) electrons. The zero-order valence-electron chi connectivity index (χ0n) is 27.0. The first kappa shape index (κ1) is 30.8. The van der Waals surface area contributed by atoms with Crippen LogP contribution >= 0.6 is 22.9 Å².